The molecule has 0 spiro atoms. The van der Waals surface area contributed by atoms with Gasteiger partial charge in [-0.3, -0.25) is 4.79 Å². The lowest BCUT2D eigenvalue weighted by Crippen LogP contribution is -2.50. The van der Waals surface area contributed by atoms with E-state index in [1.807, 2.05) is 6.92 Å². The highest BCUT2D eigenvalue weighted by Gasteiger charge is 2.42. The van der Waals surface area contributed by atoms with Gasteiger partial charge in [0.2, 0.25) is 5.91 Å². The maximum absolute atomic E-state index is 13.7. The Kier molecular flexibility index (Phi) is 4.61. The van der Waals surface area contributed by atoms with Gasteiger partial charge in [0.05, 0.1) is 12.1 Å². The van der Waals surface area contributed by atoms with Gasteiger partial charge in [0.1, 0.15) is 11.6 Å². The summed E-state index contributed by atoms with van der Waals surface area (Å²) in [6.45, 7) is 3.44. The third-order valence-electron chi connectivity index (χ3n) is 4.22. The van der Waals surface area contributed by atoms with Crippen LogP contribution in [-0.4, -0.2) is 23.2 Å². The third-order valence-corrected chi connectivity index (χ3v) is 4.22. The number of hydrogen-bond acceptors (Lipinski definition) is 2. The molecular formula is C16H21F2NO2. The van der Waals surface area contributed by atoms with E-state index in [4.69, 9.17) is 0 Å². The highest BCUT2D eigenvalue weighted by molar-refractivity contribution is 5.77. The largest absolute Gasteiger partial charge is 0.394 e. The van der Waals surface area contributed by atoms with E-state index >= 15 is 0 Å². The lowest BCUT2D eigenvalue weighted by atomic mass is 9.93. The fourth-order valence-corrected chi connectivity index (χ4v) is 2.65. The molecule has 116 valence electrons. The van der Waals surface area contributed by atoms with E-state index in [1.165, 1.54) is 12.1 Å². The summed E-state index contributed by atoms with van der Waals surface area (Å²) in [5.74, 6) is -1.54. The molecule has 2 rings (SSSR count). The predicted octanol–water partition coefficient (Wildman–Crippen LogP) is 2.74. The van der Waals surface area contributed by atoms with Gasteiger partial charge in [0.25, 0.3) is 0 Å². The summed E-state index contributed by atoms with van der Waals surface area (Å²) in [7, 11) is 0. The van der Waals surface area contributed by atoms with Crippen molar-refractivity contribution < 1.29 is 18.7 Å². The van der Waals surface area contributed by atoms with Gasteiger partial charge >= 0.3 is 0 Å². The first kappa shape index (κ1) is 15.9. The lowest BCUT2D eigenvalue weighted by molar-refractivity contribution is -0.124. The van der Waals surface area contributed by atoms with Crippen molar-refractivity contribution in [2.75, 3.05) is 6.61 Å². The first-order valence-corrected chi connectivity index (χ1v) is 7.22. The molecule has 0 aromatic heterocycles. The van der Waals surface area contributed by atoms with Crippen molar-refractivity contribution in [3.63, 3.8) is 0 Å². The SMILES string of the molecule is CC(CC(=O)NC(C)(CO)C1CC1)c1ccc(F)cc1F. The molecule has 1 aromatic carbocycles. The molecule has 1 amide bonds. The normalized spacial score (nSPS) is 18.9. The van der Waals surface area contributed by atoms with Crippen LogP contribution in [0.4, 0.5) is 8.78 Å². The quantitative estimate of drug-likeness (QED) is 0.848. The lowest BCUT2D eigenvalue weighted by Gasteiger charge is -2.29. The van der Waals surface area contributed by atoms with Crippen molar-refractivity contribution in [3.8, 4) is 0 Å². The van der Waals surface area contributed by atoms with Crippen LogP contribution in [0.2, 0.25) is 0 Å². The Morgan fingerprint density at radius 2 is 2.14 bits per heavy atom. The second-order valence-corrected chi connectivity index (χ2v) is 6.17. The van der Waals surface area contributed by atoms with E-state index in [2.05, 4.69) is 5.32 Å². The van der Waals surface area contributed by atoms with E-state index in [-0.39, 0.29) is 24.9 Å². The molecule has 2 atom stereocenters. The number of halogens is 2. The van der Waals surface area contributed by atoms with E-state index in [0.29, 0.717) is 11.5 Å². The topological polar surface area (TPSA) is 49.3 Å². The average molecular weight is 297 g/mol. The maximum Gasteiger partial charge on any atom is 0.221 e. The minimum atomic E-state index is -0.637. The zero-order chi connectivity index (χ0) is 15.6. The summed E-state index contributed by atoms with van der Waals surface area (Å²) < 4.78 is 26.6. The molecule has 1 aliphatic carbocycles. The number of aliphatic hydroxyl groups is 1. The van der Waals surface area contributed by atoms with Gasteiger partial charge in [-0.15, -0.1) is 0 Å². The second kappa shape index (κ2) is 6.10. The summed E-state index contributed by atoms with van der Waals surface area (Å²) >= 11 is 0. The van der Waals surface area contributed by atoms with Gasteiger partial charge in [0, 0.05) is 12.5 Å². The predicted molar refractivity (Wildman–Crippen MR) is 75.7 cm³/mol. The molecular weight excluding hydrogens is 276 g/mol. The van der Waals surface area contributed by atoms with E-state index in [0.717, 1.165) is 18.9 Å². The molecule has 2 unspecified atom stereocenters. The summed E-state index contributed by atoms with van der Waals surface area (Å²) in [6.07, 6.45) is 2.10. The molecule has 2 N–H and O–H groups in total. The van der Waals surface area contributed by atoms with Crippen molar-refractivity contribution in [1.29, 1.82) is 0 Å². The fourth-order valence-electron chi connectivity index (χ4n) is 2.65. The molecule has 21 heavy (non-hydrogen) atoms. The van der Waals surface area contributed by atoms with Crippen molar-refractivity contribution in [1.82, 2.24) is 5.32 Å². The summed E-state index contributed by atoms with van der Waals surface area (Å²) in [5, 5.41) is 12.3. The Labute approximate surface area is 123 Å². The maximum atomic E-state index is 13.7. The Bertz CT molecular complexity index is 531. The van der Waals surface area contributed by atoms with Gasteiger partial charge in [-0.25, -0.2) is 8.78 Å². The van der Waals surface area contributed by atoms with Crippen LogP contribution in [-0.2, 0) is 4.79 Å². The van der Waals surface area contributed by atoms with Gasteiger partial charge < -0.3 is 10.4 Å². The van der Waals surface area contributed by atoms with Gasteiger partial charge in [-0.05, 0) is 43.2 Å². The van der Waals surface area contributed by atoms with Crippen LogP contribution in [0.15, 0.2) is 18.2 Å². The number of carbonyl (C=O) groups excluding carboxylic acids is 1. The van der Waals surface area contributed by atoms with E-state index < -0.39 is 17.2 Å². The van der Waals surface area contributed by atoms with Crippen molar-refractivity contribution in [2.24, 2.45) is 5.92 Å². The van der Waals surface area contributed by atoms with Crippen LogP contribution < -0.4 is 5.32 Å². The number of rotatable bonds is 6. The standard InChI is InChI=1S/C16H21F2NO2/c1-10(13-6-5-12(17)8-14(13)18)7-15(21)19-16(2,9-20)11-3-4-11/h5-6,8,10-11,20H,3-4,7,9H2,1-2H3,(H,19,21). The van der Waals surface area contributed by atoms with Crippen molar-refractivity contribution in [2.45, 2.75) is 44.6 Å². The molecule has 1 fully saturated rings. The smallest absolute Gasteiger partial charge is 0.221 e. The van der Waals surface area contributed by atoms with E-state index in [9.17, 15) is 18.7 Å². The minimum Gasteiger partial charge on any atom is -0.394 e. The number of nitrogens with one attached hydrogen (secondary N) is 1. The van der Waals surface area contributed by atoms with Gasteiger partial charge in [-0.2, -0.15) is 0 Å². The molecule has 0 saturated heterocycles. The number of aliphatic hydroxyl groups excluding tert-OH is 1. The van der Waals surface area contributed by atoms with Gasteiger partial charge in [-0.1, -0.05) is 13.0 Å². The Morgan fingerprint density at radius 3 is 2.67 bits per heavy atom. The molecule has 5 heteroatoms. The number of carbonyl (C=O) groups is 1. The van der Waals surface area contributed by atoms with Gasteiger partial charge in [0.15, 0.2) is 0 Å². The Morgan fingerprint density at radius 1 is 1.48 bits per heavy atom. The van der Waals surface area contributed by atoms with Crippen LogP contribution in [0.5, 0.6) is 0 Å². The minimum absolute atomic E-state index is 0.102. The molecule has 0 radical (unpaired) electrons. The monoisotopic (exact) mass is 297 g/mol. The first-order chi connectivity index (χ1) is 9.85. The highest BCUT2D eigenvalue weighted by atomic mass is 19.1. The molecule has 0 bridgehead atoms. The van der Waals surface area contributed by atoms with Crippen LogP contribution >= 0.6 is 0 Å². The Balaban J connectivity index is 1.98. The van der Waals surface area contributed by atoms with Crippen LogP contribution in [0, 0.1) is 17.6 Å². The highest BCUT2D eigenvalue weighted by Crippen LogP contribution is 2.39. The molecule has 0 aliphatic heterocycles. The second-order valence-electron chi connectivity index (χ2n) is 6.17. The number of benzene rings is 1. The zero-order valence-corrected chi connectivity index (χ0v) is 12.3. The molecule has 3 nitrogen and oxygen atoms in total. The third kappa shape index (κ3) is 3.79. The Hall–Kier alpha value is -1.49. The zero-order valence-electron chi connectivity index (χ0n) is 12.3. The van der Waals surface area contributed by atoms with Crippen molar-refractivity contribution in [3.05, 3.63) is 35.4 Å². The van der Waals surface area contributed by atoms with Crippen LogP contribution in [0.25, 0.3) is 0 Å². The van der Waals surface area contributed by atoms with Crippen molar-refractivity contribution >= 4 is 5.91 Å². The summed E-state index contributed by atoms with van der Waals surface area (Å²) in [4.78, 5) is 12.1. The molecule has 1 saturated carbocycles. The molecule has 1 aliphatic rings. The number of hydrogen-bond donors (Lipinski definition) is 2. The number of amides is 1. The van der Waals surface area contributed by atoms with Crippen LogP contribution in [0.3, 0.4) is 0 Å². The summed E-state index contributed by atoms with van der Waals surface area (Å²) in [5.41, 5.74) is -0.276. The fraction of sp³-hybridized carbons (Fsp3) is 0.562. The summed E-state index contributed by atoms with van der Waals surface area (Å²) in [6, 6.07) is 3.38. The molecule has 0 heterocycles. The molecule has 1 aromatic rings. The first-order valence-electron chi connectivity index (χ1n) is 7.22. The average Bonchev–Trinajstić information content (AvgIpc) is 3.22. The van der Waals surface area contributed by atoms with E-state index in [1.54, 1.807) is 6.92 Å². The van der Waals surface area contributed by atoms with Crippen LogP contribution in [0.1, 0.15) is 44.6 Å².